The smallest absolute Gasteiger partial charge is 0.276 e. The lowest BCUT2D eigenvalue weighted by atomic mass is 10.2. The maximum absolute atomic E-state index is 13.1. The highest BCUT2D eigenvalue weighted by molar-refractivity contribution is 6.33. The standard InChI is InChI=1S/C21H18ClN7O3/c1-14-20(24-25-28(14)18-5-3-2-4-15(18)13-23)21(30)27-10-8-26(9-11-27)19-7-6-16(29(31)32)12-17(19)22/h2-7,12H,8-11H2,1H3. The number of carbonyl (C=O) groups excluding carboxylic acids is 1. The van der Waals surface area contributed by atoms with E-state index in [9.17, 15) is 20.2 Å². The maximum Gasteiger partial charge on any atom is 0.276 e. The van der Waals surface area contributed by atoms with Crippen molar-refractivity contribution in [3.63, 3.8) is 0 Å². The van der Waals surface area contributed by atoms with Crippen LogP contribution in [0.15, 0.2) is 42.5 Å². The average molecular weight is 452 g/mol. The summed E-state index contributed by atoms with van der Waals surface area (Å²) in [4.78, 5) is 27.2. The highest BCUT2D eigenvalue weighted by Gasteiger charge is 2.28. The van der Waals surface area contributed by atoms with Gasteiger partial charge in [0.2, 0.25) is 0 Å². The van der Waals surface area contributed by atoms with Crippen molar-refractivity contribution in [1.29, 1.82) is 5.26 Å². The Morgan fingerprint density at radius 1 is 1.16 bits per heavy atom. The quantitative estimate of drug-likeness (QED) is 0.441. The van der Waals surface area contributed by atoms with Gasteiger partial charge in [-0.05, 0) is 25.1 Å². The maximum atomic E-state index is 13.1. The van der Waals surface area contributed by atoms with E-state index in [0.717, 1.165) is 0 Å². The number of hydrogen-bond acceptors (Lipinski definition) is 7. The molecule has 0 bridgehead atoms. The first-order valence-corrected chi connectivity index (χ1v) is 10.2. The Kier molecular flexibility index (Phi) is 5.75. The number of hydrogen-bond donors (Lipinski definition) is 0. The molecule has 0 unspecified atom stereocenters. The lowest BCUT2D eigenvalue weighted by Crippen LogP contribution is -2.49. The van der Waals surface area contributed by atoms with Gasteiger partial charge in [0.05, 0.1) is 32.6 Å². The van der Waals surface area contributed by atoms with Gasteiger partial charge in [-0.3, -0.25) is 14.9 Å². The lowest BCUT2D eigenvalue weighted by molar-refractivity contribution is -0.384. The molecule has 2 aromatic carbocycles. The normalized spacial score (nSPS) is 13.7. The van der Waals surface area contributed by atoms with Gasteiger partial charge in [0.1, 0.15) is 6.07 Å². The number of amides is 1. The minimum Gasteiger partial charge on any atom is -0.367 e. The number of rotatable bonds is 4. The van der Waals surface area contributed by atoms with Crippen LogP contribution in [0.25, 0.3) is 5.69 Å². The van der Waals surface area contributed by atoms with Crippen LogP contribution in [0, 0.1) is 28.4 Å². The van der Waals surface area contributed by atoms with Crippen molar-refractivity contribution >= 4 is 28.9 Å². The second-order valence-corrected chi connectivity index (χ2v) is 7.64. The molecule has 10 nitrogen and oxygen atoms in total. The fraction of sp³-hybridized carbons (Fsp3) is 0.238. The van der Waals surface area contributed by atoms with Gasteiger partial charge in [0.25, 0.3) is 11.6 Å². The van der Waals surface area contributed by atoms with Gasteiger partial charge < -0.3 is 9.80 Å². The molecule has 0 saturated carbocycles. The van der Waals surface area contributed by atoms with Gasteiger partial charge in [0, 0.05) is 38.3 Å². The number of anilines is 1. The van der Waals surface area contributed by atoms with Crippen molar-refractivity contribution in [2.45, 2.75) is 6.92 Å². The highest BCUT2D eigenvalue weighted by Crippen LogP contribution is 2.30. The number of aromatic nitrogens is 3. The number of nitriles is 1. The molecule has 1 fully saturated rings. The summed E-state index contributed by atoms with van der Waals surface area (Å²) in [6, 6.07) is 13.5. The van der Waals surface area contributed by atoms with Crippen LogP contribution in [0.2, 0.25) is 5.02 Å². The third kappa shape index (κ3) is 3.86. The Balaban J connectivity index is 1.48. The van der Waals surface area contributed by atoms with Gasteiger partial charge in [-0.15, -0.1) is 5.10 Å². The number of halogens is 1. The zero-order chi connectivity index (χ0) is 22.8. The number of carbonyl (C=O) groups is 1. The summed E-state index contributed by atoms with van der Waals surface area (Å²) < 4.78 is 1.50. The molecule has 1 aliphatic heterocycles. The summed E-state index contributed by atoms with van der Waals surface area (Å²) in [6.07, 6.45) is 0. The summed E-state index contributed by atoms with van der Waals surface area (Å²) in [7, 11) is 0. The van der Waals surface area contributed by atoms with Crippen LogP contribution in [-0.4, -0.2) is 56.9 Å². The van der Waals surface area contributed by atoms with Gasteiger partial charge in [-0.1, -0.05) is 28.9 Å². The first-order chi connectivity index (χ1) is 15.4. The molecule has 32 heavy (non-hydrogen) atoms. The zero-order valence-electron chi connectivity index (χ0n) is 17.1. The van der Waals surface area contributed by atoms with E-state index in [1.165, 1.54) is 16.8 Å². The molecule has 0 aliphatic carbocycles. The molecule has 1 amide bonds. The predicted molar refractivity (Wildman–Crippen MR) is 117 cm³/mol. The molecule has 0 N–H and O–H groups in total. The minimum atomic E-state index is -0.489. The number of nitro groups is 1. The van der Waals surface area contributed by atoms with E-state index in [4.69, 9.17) is 11.6 Å². The van der Waals surface area contributed by atoms with E-state index in [-0.39, 0.29) is 17.3 Å². The first-order valence-electron chi connectivity index (χ1n) is 9.80. The SMILES string of the molecule is Cc1c(C(=O)N2CCN(c3ccc([N+](=O)[O-])cc3Cl)CC2)nnn1-c1ccccc1C#N. The summed E-state index contributed by atoms with van der Waals surface area (Å²) in [5.74, 6) is -0.238. The lowest BCUT2D eigenvalue weighted by Gasteiger charge is -2.36. The van der Waals surface area contributed by atoms with Crippen molar-refractivity contribution in [3.8, 4) is 11.8 Å². The van der Waals surface area contributed by atoms with Crippen LogP contribution in [0.5, 0.6) is 0 Å². The van der Waals surface area contributed by atoms with Crippen LogP contribution in [-0.2, 0) is 0 Å². The Bertz CT molecular complexity index is 1240. The monoisotopic (exact) mass is 451 g/mol. The summed E-state index contributed by atoms with van der Waals surface area (Å²) in [6.45, 7) is 3.66. The molecule has 11 heteroatoms. The minimum absolute atomic E-state index is 0.0657. The van der Waals surface area contributed by atoms with E-state index in [1.54, 1.807) is 42.2 Å². The Morgan fingerprint density at radius 2 is 1.88 bits per heavy atom. The molecule has 1 saturated heterocycles. The molecule has 1 aromatic heterocycles. The van der Waals surface area contributed by atoms with E-state index in [2.05, 4.69) is 16.4 Å². The van der Waals surface area contributed by atoms with Crippen molar-refractivity contribution in [2.24, 2.45) is 0 Å². The van der Waals surface area contributed by atoms with E-state index < -0.39 is 4.92 Å². The molecule has 0 spiro atoms. The second kappa shape index (κ2) is 8.64. The van der Waals surface area contributed by atoms with Crippen molar-refractivity contribution < 1.29 is 9.72 Å². The number of nitrogens with zero attached hydrogens (tertiary/aromatic N) is 7. The van der Waals surface area contributed by atoms with Crippen LogP contribution < -0.4 is 4.90 Å². The highest BCUT2D eigenvalue weighted by atomic mass is 35.5. The van der Waals surface area contributed by atoms with Crippen LogP contribution in [0.4, 0.5) is 11.4 Å². The van der Waals surface area contributed by atoms with Crippen LogP contribution in [0.1, 0.15) is 21.7 Å². The third-order valence-electron chi connectivity index (χ3n) is 5.40. The summed E-state index contributed by atoms with van der Waals surface area (Å²) in [5.41, 5.74) is 2.42. The van der Waals surface area contributed by atoms with Gasteiger partial charge in [-0.25, -0.2) is 4.68 Å². The molecular formula is C21H18ClN7O3. The molecule has 0 atom stereocenters. The number of nitro benzene ring substituents is 1. The van der Waals surface area contributed by atoms with Crippen molar-refractivity contribution in [1.82, 2.24) is 19.9 Å². The molecule has 0 radical (unpaired) electrons. The van der Waals surface area contributed by atoms with Crippen LogP contribution >= 0.6 is 11.6 Å². The topological polar surface area (TPSA) is 121 Å². The number of para-hydroxylation sites is 1. The van der Waals surface area contributed by atoms with Gasteiger partial charge in [-0.2, -0.15) is 5.26 Å². The molecule has 4 rings (SSSR count). The number of benzene rings is 2. The van der Waals surface area contributed by atoms with Crippen molar-refractivity contribution in [2.75, 3.05) is 31.1 Å². The Morgan fingerprint density at radius 3 is 2.53 bits per heavy atom. The zero-order valence-corrected chi connectivity index (χ0v) is 17.9. The molecule has 2 heterocycles. The largest absolute Gasteiger partial charge is 0.367 e. The predicted octanol–water partition coefficient (Wildman–Crippen LogP) is 2.97. The van der Waals surface area contributed by atoms with E-state index in [0.29, 0.717) is 53.8 Å². The van der Waals surface area contributed by atoms with E-state index in [1.807, 2.05) is 4.90 Å². The second-order valence-electron chi connectivity index (χ2n) is 7.24. The fourth-order valence-corrected chi connectivity index (χ4v) is 3.97. The molecular weight excluding hydrogens is 434 g/mol. The molecule has 3 aromatic rings. The fourth-order valence-electron chi connectivity index (χ4n) is 3.67. The molecule has 162 valence electrons. The number of piperazine rings is 1. The third-order valence-corrected chi connectivity index (χ3v) is 5.70. The van der Waals surface area contributed by atoms with Crippen LogP contribution in [0.3, 0.4) is 0 Å². The van der Waals surface area contributed by atoms with Crippen molar-refractivity contribution in [3.05, 3.63) is 74.6 Å². The Hall–Kier alpha value is -3.97. The Labute approximate surface area is 188 Å². The van der Waals surface area contributed by atoms with Gasteiger partial charge in [0.15, 0.2) is 5.69 Å². The average Bonchev–Trinajstić information content (AvgIpc) is 3.19. The molecule has 1 aliphatic rings. The first kappa shape index (κ1) is 21.3. The summed E-state index contributed by atoms with van der Waals surface area (Å²) in [5, 5.41) is 28.7. The summed E-state index contributed by atoms with van der Waals surface area (Å²) >= 11 is 6.24. The number of non-ortho nitro benzene ring substituents is 1. The van der Waals surface area contributed by atoms with Gasteiger partial charge >= 0.3 is 0 Å². The van der Waals surface area contributed by atoms with E-state index >= 15 is 0 Å².